The molecule has 4 rings (SSSR count). The minimum Gasteiger partial charge on any atom is -0.351 e. The quantitative estimate of drug-likeness (QED) is 0.912. The van der Waals surface area contributed by atoms with Crippen LogP contribution in [-0.4, -0.2) is 41.6 Å². The standard InChI is InChI=1S/C16H19N3O/c1-18-8-12-13(9-18)16(12)17-15(20)10-19-7-6-11-4-2-3-5-14(11)19/h2-7,12-13,16H,8-10H2,1H3,(H,17,20). The number of amides is 1. The van der Waals surface area contributed by atoms with Crippen molar-refractivity contribution in [2.75, 3.05) is 20.1 Å². The number of likely N-dealkylation sites (tertiary alicyclic amines) is 1. The largest absolute Gasteiger partial charge is 0.351 e. The highest BCUT2D eigenvalue weighted by Crippen LogP contribution is 2.44. The number of fused-ring (bicyclic) bond motifs is 2. The summed E-state index contributed by atoms with van der Waals surface area (Å²) in [5, 5.41) is 4.38. The van der Waals surface area contributed by atoms with E-state index in [0.29, 0.717) is 24.4 Å². The normalized spacial score (nSPS) is 28.6. The molecule has 1 saturated carbocycles. The first kappa shape index (κ1) is 12.0. The van der Waals surface area contributed by atoms with E-state index in [2.05, 4.69) is 35.5 Å². The van der Waals surface area contributed by atoms with Gasteiger partial charge in [-0.15, -0.1) is 0 Å². The van der Waals surface area contributed by atoms with Crippen LogP contribution in [0.1, 0.15) is 0 Å². The summed E-state index contributed by atoms with van der Waals surface area (Å²) >= 11 is 0. The van der Waals surface area contributed by atoms with E-state index in [-0.39, 0.29) is 5.91 Å². The van der Waals surface area contributed by atoms with Gasteiger partial charge in [-0.3, -0.25) is 4.79 Å². The molecule has 104 valence electrons. The average molecular weight is 269 g/mol. The summed E-state index contributed by atoms with van der Waals surface area (Å²) in [5.74, 6) is 1.50. The SMILES string of the molecule is CN1CC2C(C1)C2NC(=O)Cn1ccc2ccccc21. The van der Waals surface area contributed by atoms with Crippen LogP contribution in [0.5, 0.6) is 0 Å². The maximum absolute atomic E-state index is 12.2. The van der Waals surface area contributed by atoms with Gasteiger partial charge in [0.1, 0.15) is 6.54 Å². The lowest BCUT2D eigenvalue weighted by atomic mass is 10.2. The van der Waals surface area contributed by atoms with Gasteiger partial charge in [-0.1, -0.05) is 18.2 Å². The molecule has 1 N–H and O–H groups in total. The van der Waals surface area contributed by atoms with Crippen molar-refractivity contribution in [2.24, 2.45) is 11.8 Å². The van der Waals surface area contributed by atoms with Gasteiger partial charge in [0.2, 0.25) is 5.91 Å². The molecule has 4 nitrogen and oxygen atoms in total. The van der Waals surface area contributed by atoms with Crippen molar-refractivity contribution in [1.29, 1.82) is 0 Å². The first-order valence-corrected chi connectivity index (χ1v) is 7.24. The fourth-order valence-electron chi connectivity index (χ4n) is 3.62. The molecular formula is C16H19N3O. The molecule has 1 amide bonds. The summed E-state index contributed by atoms with van der Waals surface area (Å²) in [6, 6.07) is 10.6. The number of hydrogen-bond acceptors (Lipinski definition) is 2. The third kappa shape index (κ3) is 1.91. The van der Waals surface area contributed by atoms with E-state index < -0.39 is 0 Å². The van der Waals surface area contributed by atoms with Crippen molar-refractivity contribution in [1.82, 2.24) is 14.8 Å². The van der Waals surface area contributed by atoms with Gasteiger partial charge in [0.25, 0.3) is 0 Å². The minimum atomic E-state index is 0.133. The van der Waals surface area contributed by atoms with Gasteiger partial charge >= 0.3 is 0 Å². The zero-order valence-corrected chi connectivity index (χ0v) is 11.6. The molecule has 0 bridgehead atoms. The summed E-state index contributed by atoms with van der Waals surface area (Å²) in [7, 11) is 2.15. The first-order chi connectivity index (χ1) is 9.72. The van der Waals surface area contributed by atoms with Crippen LogP contribution >= 0.6 is 0 Å². The minimum absolute atomic E-state index is 0.133. The molecule has 0 spiro atoms. The highest BCUT2D eigenvalue weighted by Gasteiger charge is 2.55. The van der Waals surface area contributed by atoms with Crippen LogP contribution in [0.2, 0.25) is 0 Å². The number of nitrogens with one attached hydrogen (secondary N) is 1. The Labute approximate surface area is 118 Å². The number of nitrogens with zero attached hydrogens (tertiary/aromatic N) is 2. The number of aromatic nitrogens is 1. The second-order valence-electron chi connectivity index (χ2n) is 6.14. The Kier molecular flexibility index (Phi) is 2.60. The number of para-hydroxylation sites is 1. The zero-order chi connectivity index (χ0) is 13.7. The van der Waals surface area contributed by atoms with Gasteiger partial charge < -0.3 is 14.8 Å². The van der Waals surface area contributed by atoms with Gasteiger partial charge in [-0.25, -0.2) is 0 Å². The van der Waals surface area contributed by atoms with Crippen LogP contribution in [0.3, 0.4) is 0 Å². The van der Waals surface area contributed by atoms with Crippen LogP contribution in [-0.2, 0) is 11.3 Å². The molecular weight excluding hydrogens is 250 g/mol. The van der Waals surface area contributed by atoms with Crippen molar-refractivity contribution < 1.29 is 4.79 Å². The van der Waals surface area contributed by atoms with Crippen LogP contribution in [0, 0.1) is 11.8 Å². The second kappa shape index (κ2) is 4.35. The molecule has 20 heavy (non-hydrogen) atoms. The Morgan fingerprint density at radius 2 is 2.00 bits per heavy atom. The Morgan fingerprint density at radius 1 is 1.25 bits per heavy atom. The lowest BCUT2D eigenvalue weighted by molar-refractivity contribution is -0.121. The molecule has 2 heterocycles. The van der Waals surface area contributed by atoms with Crippen LogP contribution in [0.4, 0.5) is 0 Å². The van der Waals surface area contributed by atoms with Crippen molar-refractivity contribution in [3.8, 4) is 0 Å². The predicted octanol–water partition coefficient (Wildman–Crippen LogP) is 1.32. The zero-order valence-electron chi connectivity index (χ0n) is 11.6. The molecule has 1 aliphatic heterocycles. The number of hydrogen-bond donors (Lipinski definition) is 1. The Hall–Kier alpha value is -1.81. The second-order valence-corrected chi connectivity index (χ2v) is 6.14. The smallest absolute Gasteiger partial charge is 0.240 e. The highest BCUT2D eigenvalue weighted by atomic mass is 16.2. The lowest BCUT2D eigenvalue weighted by Crippen LogP contribution is -2.35. The van der Waals surface area contributed by atoms with Crippen molar-refractivity contribution >= 4 is 16.8 Å². The molecule has 1 aliphatic carbocycles. The summed E-state index contributed by atoms with van der Waals surface area (Å²) in [6.07, 6.45) is 1.99. The molecule has 4 heteroatoms. The number of benzene rings is 1. The summed E-state index contributed by atoms with van der Waals surface area (Å²) in [5.41, 5.74) is 1.12. The van der Waals surface area contributed by atoms with Crippen LogP contribution < -0.4 is 5.32 Å². The van der Waals surface area contributed by atoms with Gasteiger partial charge in [-0.05, 0) is 36.4 Å². The van der Waals surface area contributed by atoms with E-state index in [1.165, 1.54) is 5.39 Å². The highest BCUT2D eigenvalue weighted by molar-refractivity contribution is 5.83. The van der Waals surface area contributed by atoms with E-state index >= 15 is 0 Å². The van der Waals surface area contributed by atoms with Gasteiger partial charge in [0.05, 0.1) is 0 Å². The molecule has 2 aromatic rings. The predicted molar refractivity (Wildman–Crippen MR) is 78.3 cm³/mol. The van der Waals surface area contributed by atoms with E-state index in [1.54, 1.807) is 0 Å². The van der Waals surface area contributed by atoms with Crippen LogP contribution in [0.15, 0.2) is 36.5 Å². The number of carbonyl (C=O) groups is 1. The first-order valence-electron chi connectivity index (χ1n) is 7.24. The molecule has 2 atom stereocenters. The summed E-state index contributed by atoms with van der Waals surface area (Å²) < 4.78 is 2.02. The Morgan fingerprint density at radius 3 is 2.80 bits per heavy atom. The average Bonchev–Trinajstić information content (AvgIpc) is 2.81. The fraction of sp³-hybridized carbons (Fsp3) is 0.438. The van der Waals surface area contributed by atoms with Crippen molar-refractivity contribution in [3.05, 3.63) is 36.5 Å². The van der Waals surface area contributed by atoms with Gasteiger partial charge in [0.15, 0.2) is 0 Å². The lowest BCUT2D eigenvalue weighted by Gasteiger charge is -2.14. The third-order valence-corrected chi connectivity index (χ3v) is 4.70. The molecule has 2 unspecified atom stereocenters. The molecule has 0 radical (unpaired) electrons. The van der Waals surface area contributed by atoms with E-state index in [1.807, 2.05) is 22.9 Å². The van der Waals surface area contributed by atoms with E-state index in [9.17, 15) is 4.79 Å². The molecule has 1 aromatic heterocycles. The van der Waals surface area contributed by atoms with Crippen LogP contribution in [0.25, 0.3) is 10.9 Å². The number of carbonyl (C=O) groups excluding carboxylic acids is 1. The van der Waals surface area contributed by atoms with Gasteiger partial charge in [0, 0.05) is 30.8 Å². The maximum atomic E-state index is 12.2. The number of rotatable bonds is 3. The fourth-order valence-corrected chi connectivity index (χ4v) is 3.62. The Balaban J connectivity index is 1.41. The van der Waals surface area contributed by atoms with Crippen molar-refractivity contribution in [3.63, 3.8) is 0 Å². The molecule has 1 saturated heterocycles. The van der Waals surface area contributed by atoms with Crippen molar-refractivity contribution in [2.45, 2.75) is 12.6 Å². The molecule has 2 fully saturated rings. The van der Waals surface area contributed by atoms with Gasteiger partial charge in [-0.2, -0.15) is 0 Å². The monoisotopic (exact) mass is 269 g/mol. The van der Waals surface area contributed by atoms with E-state index in [0.717, 1.165) is 18.6 Å². The Bertz CT molecular complexity index is 651. The molecule has 1 aromatic carbocycles. The summed E-state index contributed by atoms with van der Waals surface area (Å²) in [4.78, 5) is 14.5. The topological polar surface area (TPSA) is 37.3 Å². The number of piperidine rings is 1. The van der Waals surface area contributed by atoms with E-state index in [4.69, 9.17) is 0 Å². The maximum Gasteiger partial charge on any atom is 0.240 e. The third-order valence-electron chi connectivity index (χ3n) is 4.70. The summed E-state index contributed by atoms with van der Waals surface area (Å²) in [6.45, 7) is 2.67. The molecule has 2 aliphatic rings.